The third-order valence-electron chi connectivity index (χ3n) is 5.01. The van der Waals surface area contributed by atoms with Crippen LogP contribution in [0.1, 0.15) is 28.8 Å². The molecule has 9 heteroatoms. The molecule has 30 heavy (non-hydrogen) atoms. The lowest BCUT2D eigenvalue weighted by Gasteiger charge is -2.24. The second kappa shape index (κ2) is 8.61. The zero-order valence-corrected chi connectivity index (χ0v) is 18.2. The van der Waals surface area contributed by atoms with Crippen molar-refractivity contribution in [1.82, 2.24) is 9.21 Å². The third-order valence-corrected chi connectivity index (χ3v) is 6.84. The van der Waals surface area contributed by atoms with E-state index in [0.29, 0.717) is 11.5 Å². The smallest absolute Gasteiger partial charge is 0.254 e. The molecule has 0 aromatic heterocycles. The quantitative estimate of drug-likeness (QED) is 0.636. The third kappa shape index (κ3) is 4.41. The average Bonchev–Trinajstić information content (AvgIpc) is 3.56. The number of rotatable bonds is 8. The topological polar surface area (TPSA) is 76.1 Å². The van der Waals surface area contributed by atoms with Gasteiger partial charge in [0.1, 0.15) is 22.2 Å². The molecule has 1 saturated carbocycles. The second-order valence-electron chi connectivity index (χ2n) is 7.27. The molecule has 2 aromatic rings. The monoisotopic (exact) mass is 436 g/mol. The van der Waals surface area contributed by atoms with E-state index in [1.54, 1.807) is 37.3 Å². The first-order valence-corrected chi connectivity index (χ1v) is 10.9. The first-order valence-electron chi connectivity index (χ1n) is 9.43. The van der Waals surface area contributed by atoms with Crippen molar-refractivity contribution in [2.45, 2.75) is 30.3 Å². The minimum Gasteiger partial charge on any atom is -0.497 e. The number of amides is 1. The van der Waals surface area contributed by atoms with Crippen LogP contribution >= 0.6 is 0 Å². The minimum atomic E-state index is -4.02. The van der Waals surface area contributed by atoms with E-state index in [2.05, 4.69) is 0 Å². The van der Waals surface area contributed by atoms with Gasteiger partial charge in [0.15, 0.2) is 0 Å². The number of carbonyl (C=O) groups is 1. The predicted molar refractivity (Wildman–Crippen MR) is 110 cm³/mol. The summed E-state index contributed by atoms with van der Waals surface area (Å²) in [6, 6.07) is 8.80. The fourth-order valence-electron chi connectivity index (χ4n) is 3.14. The number of benzene rings is 2. The van der Waals surface area contributed by atoms with E-state index >= 15 is 0 Å². The van der Waals surface area contributed by atoms with Gasteiger partial charge in [0.25, 0.3) is 5.91 Å². The Morgan fingerprint density at radius 1 is 1.10 bits per heavy atom. The van der Waals surface area contributed by atoms with Crippen LogP contribution in [-0.2, 0) is 16.6 Å². The zero-order valence-electron chi connectivity index (χ0n) is 17.4. The normalized spacial score (nSPS) is 13.9. The lowest BCUT2D eigenvalue weighted by molar-refractivity contribution is 0.0728. The first-order chi connectivity index (χ1) is 14.2. The molecule has 162 valence electrons. The van der Waals surface area contributed by atoms with Crippen LogP contribution in [0.2, 0.25) is 0 Å². The molecular weight excluding hydrogens is 411 g/mol. The SMILES string of the molecule is COc1ccc(OC)c(CN(C(=O)c2ccc(F)c(S(=O)(=O)N(C)C)c2)C2CC2)c1. The van der Waals surface area contributed by atoms with Crippen molar-refractivity contribution in [3.63, 3.8) is 0 Å². The summed E-state index contributed by atoms with van der Waals surface area (Å²) in [4.78, 5) is 14.4. The van der Waals surface area contributed by atoms with Crippen molar-refractivity contribution in [2.24, 2.45) is 0 Å². The van der Waals surface area contributed by atoms with Crippen molar-refractivity contribution >= 4 is 15.9 Å². The van der Waals surface area contributed by atoms with Crippen LogP contribution in [0.4, 0.5) is 4.39 Å². The molecule has 0 atom stereocenters. The Kier molecular flexibility index (Phi) is 6.33. The summed E-state index contributed by atoms with van der Waals surface area (Å²) in [7, 11) is 1.71. The number of hydrogen-bond donors (Lipinski definition) is 0. The van der Waals surface area contributed by atoms with Gasteiger partial charge in [-0.1, -0.05) is 0 Å². The number of nitrogens with zero attached hydrogens (tertiary/aromatic N) is 2. The maximum atomic E-state index is 14.2. The molecule has 0 N–H and O–H groups in total. The standard InChI is InChI=1S/C21H25FN2O5S/c1-23(2)30(26,27)20-12-14(5-9-18(20)22)21(25)24(16-6-7-16)13-15-11-17(28-3)8-10-19(15)29-4/h5,8-12,16H,6-7,13H2,1-4H3. The number of sulfonamides is 1. The highest BCUT2D eigenvalue weighted by molar-refractivity contribution is 7.89. The number of carbonyl (C=O) groups excluding carboxylic acids is 1. The van der Waals surface area contributed by atoms with Gasteiger partial charge in [0.05, 0.1) is 20.8 Å². The van der Waals surface area contributed by atoms with Crippen LogP contribution in [0.3, 0.4) is 0 Å². The Bertz CT molecular complexity index is 1050. The van der Waals surface area contributed by atoms with Crippen molar-refractivity contribution in [1.29, 1.82) is 0 Å². The summed E-state index contributed by atoms with van der Waals surface area (Å²) in [5, 5.41) is 0. The Balaban J connectivity index is 1.97. The molecule has 0 spiro atoms. The zero-order chi connectivity index (χ0) is 22.1. The van der Waals surface area contributed by atoms with E-state index in [0.717, 1.165) is 34.8 Å². The van der Waals surface area contributed by atoms with E-state index < -0.39 is 20.7 Å². The lowest BCUT2D eigenvalue weighted by Crippen LogP contribution is -2.33. The first kappa shape index (κ1) is 22.0. The van der Waals surface area contributed by atoms with E-state index in [9.17, 15) is 17.6 Å². The molecule has 7 nitrogen and oxygen atoms in total. The summed E-state index contributed by atoms with van der Waals surface area (Å²) < 4.78 is 50.7. The second-order valence-corrected chi connectivity index (χ2v) is 9.39. The minimum absolute atomic E-state index is 0.0346. The molecule has 0 bridgehead atoms. The van der Waals surface area contributed by atoms with E-state index in [4.69, 9.17) is 9.47 Å². The van der Waals surface area contributed by atoms with Gasteiger partial charge in [-0.05, 0) is 49.2 Å². The van der Waals surface area contributed by atoms with Gasteiger partial charge in [-0.15, -0.1) is 0 Å². The van der Waals surface area contributed by atoms with Crippen molar-refractivity contribution < 1.29 is 27.1 Å². The Morgan fingerprint density at radius 3 is 2.37 bits per heavy atom. The van der Waals surface area contributed by atoms with Crippen molar-refractivity contribution in [3.8, 4) is 11.5 Å². The Labute approximate surface area is 176 Å². The van der Waals surface area contributed by atoms with E-state index in [1.165, 1.54) is 20.2 Å². The predicted octanol–water partition coefficient (Wildman–Crippen LogP) is 2.90. The summed E-state index contributed by atoms with van der Waals surface area (Å²) >= 11 is 0. The van der Waals surface area contributed by atoms with Gasteiger partial charge < -0.3 is 14.4 Å². The van der Waals surface area contributed by atoms with Crippen LogP contribution in [0.5, 0.6) is 11.5 Å². The summed E-state index contributed by atoms with van der Waals surface area (Å²) in [6.07, 6.45) is 1.70. The Morgan fingerprint density at radius 2 is 1.80 bits per heavy atom. The summed E-state index contributed by atoms with van der Waals surface area (Å²) in [5.41, 5.74) is 0.880. The van der Waals surface area contributed by atoms with Crippen LogP contribution in [0.25, 0.3) is 0 Å². The van der Waals surface area contributed by atoms with Crippen LogP contribution < -0.4 is 9.47 Å². The van der Waals surface area contributed by atoms with Crippen LogP contribution in [0.15, 0.2) is 41.3 Å². The average molecular weight is 437 g/mol. The van der Waals surface area contributed by atoms with Gasteiger partial charge in [-0.3, -0.25) is 4.79 Å². The van der Waals surface area contributed by atoms with Crippen molar-refractivity contribution in [2.75, 3.05) is 28.3 Å². The number of halogens is 1. The highest BCUT2D eigenvalue weighted by Gasteiger charge is 2.34. The van der Waals surface area contributed by atoms with Crippen LogP contribution in [-0.4, -0.2) is 57.9 Å². The fraction of sp³-hybridized carbons (Fsp3) is 0.381. The van der Waals surface area contributed by atoms with Gasteiger partial charge in [0.2, 0.25) is 10.0 Å². The van der Waals surface area contributed by atoms with Gasteiger partial charge in [0, 0.05) is 31.3 Å². The molecule has 0 radical (unpaired) electrons. The lowest BCUT2D eigenvalue weighted by atomic mass is 10.1. The number of ether oxygens (including phenoxy) is 2. The molecule has 1 fully saturated rings. The number of hydrogen-bond acceptors (Lipinski definition) is 5. The molecule has 0 unspecified atom stereocenters. The maximum Gasteiger partial charge on any atom is 0.254 e. The summed E-state index contributed by atoms with van der Waals surface area (Å²) in [6.45, 7) is 0.261. The van der Waals surface area contributed by atoms with Crippen LogP contribution in [0, 0.1) is 5.82 Å². The van der Waals surface area contributed by atoms with Crippen molar-refractivity contribution in [3.05, 3.63) is 53.3 Å². The molecule has 1 amide bonds. The molecule has 0 heterocycles. The van der Waals surface area contributed by atoms with Gasteiger partial charge in [-0.2, -0.15) is 0 Å². The fourth-order valence-corrected chi connectivity index (χ4v) is 4.12. The maximum absolute atomic E-state index is 14.2. The molecule has 2 aromatic carbocycles. The van der Waals surface area contributed by atoms with E-state index in [-0.39, 0.29) is 24.1 Å². The molecule has 1 aliphatic carbocycles. The van der Waals surface area contributed by atoms with Gasteiger partial charge in [-0.25, -0.2) is 17.1 Å². The molecule has 3 rings (SSSR count). The Hall–Kier alpha value is -2.65. The molecule has 0 saturated heterocycles. The highest BCUT2D eigenvalue weighted by Crippen LogP contribution is 2.33. The molecular formula is C21H25FN2O5S. The van der Waals surface area contributed by atoms with E-state index in [1.807, 2.05) is 0 Å². The highest BCUT2D eigenvalue weighted by atomic mass is 32.2. The van der Waals surface area contributed by atoms with Gasteiger partial charge >= 0.3 is 0 Å². The largest absolute Gasteiger partial charge is 0.497 e. The summed E-state index contributed by atoms with van der Waals surface area (Å²) in [5.74, 6) is -0.00959. The number of methoxy groups -OCH3 is 2. The molecule has 1 aliphatic rings. The molecule has 0 aliphatic heterocycles.